The molecule has 1 atom stereocenters. The molecule has 1 aliphatic heterocycles. The summed E-state index contributed by atoms with van der Waals surface area (Å²) in [5, 5.41) is 6.29. The largest absolute Gasteiger partial charge is 0.418 e. The Morgan fingerprint density at radius 3 is 2.81 bits per heavy atom. The smallest absolute Gasteiger partial charge is 0.376 e. The van der Waals surface area contributed by atoms with E-state index in [0.29, 0.717) is 6.61 Å². The Balaban J connectivity index is 1.58. The number of benzene rings is 1. The highest BCUT2D eigenvalue weighted by Crippen LogP contribution is 2.36. The third kappa shape index (κ3) is 5.22. The minimum absolute atomic E-state index is 0.158. The van der Waals surface area contributed by atoms with Crippen LogP contribution in [0.4, 0.5) is 23.7 Å². The van der Waals surface area contributed by atoms with Crippen molar-refractivity contribution in [3.8, 4) is 5.69 Å². The van der Waals surface area contributed by atoms with E-state index in [2.05, 4.69) is 20.4 Å². The Labute approximate surface area is 182 Å². The van der Waals surface area contributed by atoms with Gasteiger partial charge in [0.2, 0.25) is 0 Å². The van der Waals surface area contributed by atoms with Gasteiger partial charge in [-0.2, -0.15) is 18.3 Å². The second-order valence-electron chi connectivity index (χ2n) is 7.37. The molecule has 3 aromatic rings. The van der Waals surface area contributed by atoms with E-state index in [1.807, 2.05) is 0 Å². The number of carbonyl (C=O) groups is 1. The van der Waals surface area contributed by atoms with Crippen LogP contribution in [0.5, 0.6) is 0 Å². The fraction of sp³-hybridized carbons (Fsp3) is 0.333. The first-order chi connectivity index (χ1) is 15.4. The number of nitrogens with one attached hydrogen (secondary N) is 1. The number of carbonyl (C=O) groups excluding carboxylic acids is 1. The van der Waals surface area contributed by atoms with Crippen molar-refractivity contribution in [2.45, 2.75) is 31.7 Å². The predicted octanol–water partition coefficient (Wildman–Crippen LogP) is 3.89. The van der Waals surface area contributed by atoms with E-state index in [4.69, 9.17) is 4.74 Å². The van der Waals surface area contributed by atoms with Crippen LogP contribution in [0.25, 0.3) is 5.69 Å². The molecule has 0 radical (unpaired) electrons. The van der Waals surface area contributed by atoms with Crippen LogP contribution in [0.15, 0.2) is 55.4 Å². The van der Waals surface area contributed by atoms with Gasteiger partial charge < -0.3 is 15.0 Å². The van der Waals surface area contributed by atoms with Gasteiger partial charge in [0.1, 0.15) is 12.7 Å². The first kappa shape index (κ1) is 21.8. The number of nitrogens with zero attached hydrogens (tertiary/aromatic N) is 5. The van der Waals surface area contributed by atoms with Crippen molar-refractivity contribution in [1.29, 1.82) is 0 Å². The number of rotatable bonds is 6. The van der Waals surface area contributed by atoms with Crippen molar-refractivity contribution in [2.75, 3.05) is 18.5 Å². The summed E-state index contributed by atoms with van der Waals surface area (Å²) in [6, 6.07) is 6.47. The summed E-state index contributed by atoms with van der Waals surface area (Å²) in [7, 11) is 0. The number of alkyl halides is 3. The fourth-order valence-electron chi connectivity index (χ4n) is 3.52. The molecule has 0 saturated carbocycles. The first-order valence-corrected chi connectivity index (χ1v) is 10.0. The molecular formula is C21H21F3N6O2. The van der Waals surface area contributed by atoms with Crippen LogP contribution in [-0.4, -0.2) is 49.9 Å². The average Bonchev–Trinajstić information content (AvgIpc) is 3.48. The van der Waals surface area contributed by atoms with Gasteiger partial charge in [0.25, 0.3) is 0 Å². The fourth-order valence-corrected chi connectivity index (χ4v) is 3.52. The van der Waals surface area contributed by atoms with Gasteiger partial charge >= 0.3 is 12.2 Å². The lowest BCUT2D eigenvalue weighted by Crippen LogP contribution is -2.40. The monoisotopic (exact) mass is 446 g/mol. The lowest BCUT2D eigenvalue weighted by Gasteiger charge is -2.26. The molecule has 1 saturated heterocycles. The second kappa shape index (κ2) is 9.35. The van der Waals surface area contributed by atoms with Crippen molar-refractivity contribution in [2.24, 2.45) is 0 Å². The molecule has 1 N–H and O–H groups in total. The summed E-state index contributed by atoms with van der Waals surface area (Å²) in [6.45, 7) is 1.06. The third-order valence-corrected chi connectivity index (χ3v) is 5.06. The Morgan fingerprint density at radius 1 is 1.28 bits per heavy atom. The quantitative estimate of drug-likeness (QED) is 0.621. The number of halogens is 3. The number of ether oxygens (including phenoxy) is 1. The zero-order valence-electron chi connectivity index (χ0n) is 17.0. The molecule has 1 fully saturated rings. The Kier molecular flexibility index (Phi) is 6.35. The zero-order chi connectivity index (χ0) is 22.6. The molecule has 4 rings (SSSR count). The molecule has 1 aliphatic rings. The molecule has 1 aromatic carbocycles. The van der Waals surface area contributed by atoms with Crippen molar-refractivity contribution >= 4 is 11.7 Å². The lowest BCUT2D eigenvalue weighted by molar-refractivity contribution is -0.136. The molecule has 168 valence electrons. The van der Waals surface area contributed by atoms with E-state index >= 15 is 0 Å². The Hall–Kier alpha value is -3.47. The Bertz CT molecular complexity index is 1040. The predicted molar refractivity (Wildman–Crippen MR) is 109 cm³/mol. The van der Waals surface area contributed by atoms with Crippen LogP contribution in [0.1, 0.15) is 24.0 Å². The van der Waals surface area contributed by atoms with Crippen LogP contribution in [0, 0.1) is 0 Å². The van der Waals surface area contributed by atoms with Crippen molar-refractivity contribution < 1.29 is 22.7 Å². The molecule has 0 aliphatic carbocycles. The molecule has 32 heavy (non-hydrogen) atoms. The second-order valence-corrected chi connectivity index (χ2v) is 7.37. The maximum atomic E-state index is 13.8. The normalized spacial score (nSPS) is 16.2. The summed E-state index contributed by atoms with van der Waals surface area (Å²) in [6.07, 6.45) is 2.59. The summed E-state index contributed by atoms with van der Waals surface area (Å²) >= 11 is 0. The summed E-state index contributed by atoms with van der Waals surface area (Å²) < 4.78 is 48.1. The Morgan fingerprint density at radius 2 is 2.16 bits per heavy atom. The standard InChI is InChI=1S/C21H21F3N6O2/c22-21(23,24)18-9-16(30-14-26-13-27-30)5-6-19(18)28-20(31)29(12-17-4-2-8-32-17)11-15-3-1-7-25-10-15/h1,3,5-7,9-10,13-14,17H,2,4,8,11-12H2,(H,28,31)/t17-/m1/s1. The molecule has 0 spiro atoms. The van der Waals surface area contributed by atoms with Crippen molar-refractivity contribution in [3.63, 3.8) is 0 Å². The summed E-state index contributed by atoms with van der Waals surface area (Å²) in [5.74, 6) is 0. The van der Waals surface area contributed by atoms with Gasteiger partial charge in [0.15, 0.2) is 0 Å². The summed E-state index contributed by atoms with van der Waals surface area (Å²) in [5.41, 5.74) is -0.371. The topological polar surface area (TPSA) is 85.2 Å². The highest BCUT2D eigenvalue weighted by molar-refractivity contribution is 5.90. The molecule has 2 aromatic heterocycles. The molecule has 2 amide bonds. The number of hydrogen-bond donors (Lipinski definition) is 1. The maximum Gasteiger partial charge on any atom is 0.418 e. The minimum atomic E-state index is -4.68. The van der Waals surface area contributed by atoms with Gasteiger partial charge in [-0.05, 0) is 42.7 Å². The van der Waals surface area contributed by atoms with Crippen LogP contribution in [0.3, 0.4) is 0 Å². The van der Waals surface area contributed by atoms with E-state index in [1.165, 1.54) is 34.4 Å². The van der Waals surface area contributed by atoms with E-state index < -0.39 is 17.8 Å². The molecule has 11 heteroatoms. The first-order valence-electron chi connectivity index (χ1n) is 10.0. The number of hydrogen-bond acceptors (Lipinski definition) is 5. The van der Waals surface area contributed by atoms with Gasteiger partial charge in [-0.25, -0.2) is 14.5 Å². The number of pyridine rings is 1. The molecule has 3 heterocycles. The van der Waals surface area contributed by atoms with E-state index in [0.717, 1.165) is 24.5 Å². The van der Waals surface area contributed by atoms with Crippen LogP contribution < -0.4 is 5.32 Å². The summed E-state index contributed by atoms with van der Waals surface area (Å²) in [4.78, 5) is 22.3. The SMILES string of the molecule is O=C(Nc1ccc(-n2cncn2)cc1C(F)(F)F)N(Cc1cccnc1)C[C@H]1CCCO1. The zero-order valence-corrected chi connectivity index (χ0v) is 17.0. The number of anilines is 1. The van der Waals surface area contributed by atoms with E-state index in [-0.39, 0.29) is 30.6 Å². The van der Waals surface area contributed by atoms with Gasteiger partial charge in [0, 0.05) is 32.1 Å². The maximum absolute atomic E-state index is 13.8. The minimum Gasteiger partial charge on any atom is -0.376 e. The number of urea groups is 1. The average molecular weight is 446 g/mol. The van der Waals surface area contributed by atoms with E-state index in [9.17, 15) is 18.0 Å². The molecular weight excluding hydrogens is 425 g/mol. The van der Waals surface area contributed by atoms with Gasteiger partial charge in [-0.1, -0.05) is 6.07 Å². The third-order valence-electron chi connectivity index (χ3n) is 5.06. The van der Waals surface area contributed by atoms with Gasteiger partial charge in [-0.3, -0.25) is 4.98 Å². The highest BCUT2D eigenvalue weighted by Gasteiger charge is 2.35. The number of aromatic nitrogens is 4. The van der Waals surface area contributed by atoms with Crippen LogP contribution in [0.2, 0.25) is 0 Å². The number of amides is 2. The van der Waals surface area contributed by atoms with E-state index in [1.54, 1.807) is 24.5 Å². The van der Waals surface area contributed by atoms with Gasteiger partial charge in [0.05, 0.1) is 23.0 Å². The molecule has 8 nitrogen and oxygen atoms in total. The molecule has 0 unspecified atom stereocenters. The lowest BCUT2D eigenvalue weighted by atomic mass is 10.1. The van der Waals surface area contributed by atoms with Crippen LogP contribution in [-0.2, 0) is 17.5 Å². The van der Waals surface area contributed by atoms with Crippen molar-refractivity contribution in [3.05, 3.63) is 66.5 Å². The molecule has 0 bridgehead atoms. The van der Waals surface area contributed by atoms with Crippen LogP contribution >= 0.6 is 0 Å². The van der Waals surface area contributed by atoms with Crippen molar-refractivity contribution in [1.82, 2.24) is 24.6 Å². The van der Waals surface area contributed by atoms with Gasteiger partial charge in [-0.15, -0.1) is 0 Å². The highest BCUT2D eigenvalue weighted by atomic mass is 19.4.